The SMILES string of the molecule is CCCNC(=O)Cn1c(=S)[nH]c2c(OCCC)cccc21. The Labute approximate surface area is 129 Å². The van der Waals surface area contributed by atoms with E-state index in [1.54, 1.807) is 4.57 Å². The van der Waals surface area contributed by atoms with Crippen LogP contribution in [0.3, 0.4) is 0 Å². The third kappa shape index (κ3) is 3.64. The van der Waals surface area contributed by atoms with Gasteiger partial charge in [0.15, 0.2) is 4.77 Å². The van der Waals surface area contributed by atoms with Crippen molar-refractivity contribution in [3.8, 4) is 5.75 Å². The highest BCUT2D eigenvalue weighted by Crippen LogP contribution is 2.25. The molecule has 1 heterocycles. The number of H-pyrrole nitrogens is 1. The van der Waals surface area contributed by atoms with Gasteiger partial charge in [-0.1, -0.05) is 19.9 Å². The molecule has 21 heavy (non-hydrogen) atoms. The van der Waals surface area contributed by atoms with E-state index in [1.807, 2.05) is 25.1 Å². The molecule has 0 aliphatic heterocycles. The zero-order valence-corrected chi connectivity index (χ0v) is 13.3. The summed E-state index contributed by atoms with van der Waals surface area (Å²) >= 11 is 5.33. The molecule has 0 radical (unpaired) electrons. The van der Waals surface area contributed by atoms with Crippen molar-refractivity contribution in [2.75, 3.05) is 13.2 Å². The molecule has 0 aliphatic rings. The van der Waals surface area contributed by atoms with Gasteiger partial charge >= 0.3 is 0 Å². The van der Waals surface area contributed by atoms with Gasteiger partial charge in [-0.2, -0.15) is 0 Å². The first-order valence-electron chi connectivity index (χ1n) is 7.28. The third-order valence-corrected chi connectivity index (χ3v) is 3.43. The maximum atomic E-state index is 11.9. The number of hydrogen-bond donors (Lipinski definition) is 2. The van der Waals surface area contributed by atoms with Crippen LogP contribution in [0, 0.1) is 4.77 Å². The van der Waals surface area contributed by atoms with Crippen molar-refractivity contribution in [1.29, 1.82) is 0 Å². The number of fused-ring (bicyclic) bond motifs is 1. The van der Waals surface area contributed by atoms with Crippen molar-refractivity contribution >= 4 is 29.2 Å². The minimum absolute atomic E-state index is 0.0336. The van der Waals surface area contributed by atoms with Gasteiger partial charge in [-0.15, -0.1) is 0 Å². The number of amides is 1. The Morgan fingerprint density at radius 3 is 2.90 bits per heavy atom. The van der Waals surface area contributed by atoms with Gasteiger partial charge in [0, 0.05) is 6.54 Å². The molecule has 0 saturated heterocycles. The maximum Gasteiger partial charge on any atom is 0.240 e. The Morgan fingerprint density at radius 2 is 2.19 bits per heavy atom. The quantitative estimate of drug-likeness (QED) is 0.773. The zero-order valence-electron chi connectivity index (χ0n) is 12.4. The van der Waals surface area contributed by atoms with Crippen LogP contribution in [0.2, 0.25) is 0 Å². The van der Waals surface area contributed by atoms with Crippen molar-refractivity contribution in [1.82, 2.24) is 14.9 Å². The summed E-state index contributed by atoms with van der Waals surface area (Å²) in [5.74, 6) is 0.738. The van der Waals surface area contributed by atoms with Crippen molar-refractivity contribution < 1.29 is 9.53 Å². The second kappa shape index (κ2) is 7.26. The second-order valence-corrected chi connectivity index (χ2v) is 5.25. The number of aromatic nitrogens is 2. The highest BCUT2D eigenvalue weighted by Gasteiger charge is 2.11. The molecule has 0 spiro atoms. The van der Waals surface area contributed by atoms with Crippen molar-refractivity contribution in [2.45, 2.75) is 33.2 Å². The fourth-order valence-corrected chi connectivity index (χ4v) is 2.37. The van der Waals surface area contributed by atoms with E-state index in [0.717, 1.165) is 29.6 Å². The fraction of sp³-hybridized carbons (Fsp3) is 0.467. The Bertz CT molecular complexity index is 675. The van der Waals surface area contributed by atoms with Gasteiger partial charge in [0.1, 0.15) is 17.8 Å². The van der Waals surface area contributed by atoms with E-state index in [-0.39, 0.29) is 12.5 Å². The lowest BCUT2D eigenvalue weighted by molar-refractivity contribution is -0.121. The number of rotatable bonds is 7. The number of nitrogens with one attached hydrogen (secondary N) is 2. The number of imidazole rings is 1. The number of nitrogens with zero attached hydrogens (tertiary/aromatic N) is 1. The lowest BCUT2D eigenvalue weighted by Crippen LogP contribution is -2.28. The molecule has 1 amide bonds. The summed E-state index contributed by atoms with van der Waals surface area (Å²) in [5.41, 5.74) is 1.74. The van der Waals surface area contributed by atoms with E-state index in [0.29, 0.717) is 17.9 Å². The topological polar surface area (TPSA) is 59.0 Å². The summed E-state index contributed by atoms with van der Waals surface area (Å²) in [4.78, 5) is 15.0. The predicted molar refractivity (Wildman–Crippen MR) is 86.2 cm³/mol. The van der Waals surface area contributed by atoms with Crippen LogP contribution in [0.4, 0.5) is 0 Å². The molecule has 114 valence electrons. The first-order chi connectivity index (χ1) is 10.2. The maximum absolute atomic E-state index is 11.9. The van der Waals surface area contributed by atoms with Gasteiger partial charge in [-0.05, 0) is 37.2 Å². The molecule has 1 aromatic carbocycles. The number of para-hydroxylation sites is 1. The van der Waals surface area contributed by atoms with Crippen LogP contribution in [0.15, 0.2) is 18.2 Å². The van der Waals surface area contributed by atoms with Crippen molar-refractivity contribution in [3.05, 3.63) is 23.0 Å². The van der Waals surface area contributed by atoms with Gasteiger partial charge < -0.3 is 19.6 Å². The van der Waals surface area contributed by atoms with E-state index in [1.165, 1.54) is 0 Å². The van der Waals surface area contributed by atoms with Gasteiger partial charge in [0.25, 0.3) is 0 Å². The number of carbonyl (C=O) groups is 1. The lowest BCUT2D eigenvalue weighted by atomic mass is 10.3. The summed E-state index contributed by atoms with van der Waals surface area (Å²) in [5, 5.41) is 2.86. The number of ether oxygens (including phenoxy) is 1. The second-order valence-electron chi connectivity index (χ2n) is 4.86. The molecule has 0 aliphatic carbocycles. The molecule has 1 aromatic heterocycles. The molecular weight excluding hydrogens is 286 g/mol. The van der Waals surface area contributed by atoms with Gasteiger partial charge in [0.2, 0.25) is 5.91 Å². The van der Waals surface area contributed by atoms with Crippen molar-refractivity contribution in [2.24, 2.45) is 0 Å². The van der Waals surface area contributed by atoms with Crippen LogP contribution >= 0.6 is 12.2 Å². The van der Waals surface area contributed by atoms with Gasteiger partial charge in [-0.25, -0.2) is 0 Å². The number of hydrogen-bond acceptors (Lipinski definition) is 3. The van der Waals surface area contributed by atoms with Crippen LogP contribution in [-0.4, -0.2) is 28.6 Å². The smallest absolute Gasteiger partial charge is 0.240 e. The Kier molecular flexibility index (Phi) is 5.38. The van der Waals surface area contributed by atoms with Crippen LogP contribution in [-0.2, 0) is 11.3 Å². The van der Waals surface area contributed by atoms with Crippen LogP contribution in [0.25, 0.3) is 11.0 Å². The van der Waals surface area contributed by atoms with Crippen LogP contribution < -0.4 is 10.1 Å². The average molecular weight is 307 g/mol. The number of carbonyl (C=O) groups excluding carboxylic acids is 1. The average Bonchev–Trinajstić information content (AvgIpc) is 2.80. The van der Waals surface area contributed by atoms with E-state index < -0.39 is 0 Å². The molecule has 2 aromatic rings. The number of aromatic amines is 1. The minimum atomic E-state index is -0.0336. The normalized spacial score (nSPS) is 10.8. The lowest BCUT2D eigenvalue weighted by Gasteiger charge is -2.07. The highest BCUT2D eigenvalue weighted by molar-refractivity contribution is 7.71. The summed E-state index contributed by atoms with van der Waals surface area (Å²) in [7, 11) is 0. The zero-order chi connectivity index (χ0) is 15.2. The molecule has 0 bridgehead atoms. The number of benzene rings is 1. The fourth-order valence-electron chi connectivity index (χ4n) is 2.11. The molecule has 2 N–H and O–H groups in total. The Balaban J connectivity index is 2.30. The summed E-state index contributed by atoms with van der Waals surface area (Å²) in [6.07, 6.45) is 1.86. The molecule has 2 rings (SSSR count). The molecule has 0 unspecified atom stereocenters. The molecule has 6 heteroatoms. The highest BCUT2D eigenvalue weighted by atomic mass is 32.1. The Hall–Kier alpha value is -1.82. The molecular formula is C15H21N3O2S. The Morgan fingerprint density at radius 1 is 1.38 bits per heavy atom. The summed E-state index contributed by atoms with van der Waals surface area (Å²) < 4.78 is 8.05. The standard InChI is InChI=1S/C15H21N3O2S/c1-3-8-16-13(19)10-18-11-6-5-7-12(20-9-4-2)14(11)17-15(18)21/h5-7H,3-4,8-10H2,1-2H3,(H,16,19)(H,17,21). The first-order valence-corrected chi connectivity index (χ1v) is 7.69. The van der Waals surface area contributed by atoms with Crippen molar-refractivity contribution in [3.63, 3.8) is 0 Å². The van der Waals surface area contributed by atoms with E-state index >= 15 is 0 Å². The monoisotopic (exact) mass is 307 g/mol. The molecule has 0 saturated carbocycles. The van der Waals surface area contributed by atoms with E-state index in [9.17, 15) is 4.79 Å². The van der Waals surface area contributed by atoms with E-state index in [2.05, 4.69) is 17.2 Å². The van der Waals surface area contributed by atoms with E-state index in [4.69, 9.17) is 17.0 Å². The van der Waals surface area contributed by atoms with Crippen LogP contribution in [0.1, 0.15) is 26.7 Å². The van der Waals surface area contributed by atoms with Gasteiger partial charge in [0.05, 0.1) is 12.1 Å². The third-order valence-electron chi connectivity index (χ3n) is 3.11. The molecule has 0 fully saturated rings. The van der Waals surface area contributed by atoms with Gasteiger partial charge in [-0.3, -0.25) is 4.79 Å². The minimum Gasteiger partial charge on any atom is -0.491 e. The largest absolute Gasteiger partial charge is 0.491 e. The predicted octanol–water partition coefficient (Wildman–Crippen LogP) is 3.01. The van der Waals surface area contributed by atoms with Crippen LogP contribution in [0.5, 0.6) is 5.75 Å². The molecule has 0 atom stereocenters. The molecule has 5 nitrogen and oxygen atoms in total. The summed E-state index contributed by atoms with van der Waals surface area (Å²) in [6, 6.07) is 5.76. The first kappa shape index (κ1) is 15.6. The summed E-state index contributed by atoms with van der Waals surface area (Å²) in [6.45, 7) is 5.64.